The zero-order chi connectivity index (χ0) is 13.8. The number of pyridine rings is 1. The minimum absolute atomic E-state index is 0.286. The highest BCUT2D eigenvalue weighted by Gasteiger charge is 2.15. The number of aromatic nitrogens is 1. The van der Waals surface area contributed by atoms with Gasteiger partial charge in [-0.25, -0.2) is 0 Å². The SMILES string of the molecule is CN(Cc1ccc2ccccc2n1)CC1CNCCO1. The summed E-state index contributed by atoms with van der Waals surface area (Å²) in [6.07, 6.45) is 0.286. The van der Waals surface area contributed by atoms with Gasteiger partial charge in [-0.3, -0.25) is 9.88 Å². The zero-order valence-electron chi connectivity index (χ0n) is 11.9. The molecule has 106 valence electrons. The number of benzene rings is 1. The number of nitrogens with zero attached hydrogens (tertiary/aromatic N) is 2. The summed E-state index contributed by atoms with van der Waals surface area (Å²) >= 11 is 0. The molecule has 3 rings (SSSR count). The van der Waals surface area contributed by atoms with E-state index in [0.29, 0.717) is 0 Å². The van der Waals surface area contributed by atoms with Crippen LogP contribution in [0.1, 0.15) is 5.69 Å². The Morgan fingerprint density at radius 2 is 2.20 bits per heavy atom. The lowest BCUT2D eigenvalue weighted by atomic mass is 10.2. The van der Waals surface area contributed by atoms with Gasteiger partial charge >= 0.3 is 0 Å². The second-order valence-corrected chi connectivity index (χ2v) is 5.39. The van der Waals surface area contributed by atoms with Crippen LogP contribution in [-0.2, 0) is 11.3 Å². The molecule has 0 saturated carbocycles. The fourth-order valence-electron chi connectivity index (χ4n) is 2.62. The molecule has 0 aliphatic carbocycles. The average molecular weight is 271 g/mol. The quantitative estimate of drug-likeness (QED) is 0.917. The summed E-state index contributed by atoms with van der Waals surface area (Å²) in [6, 6.07) is 12.5. The van der Waals surface area contributed by atoms with E-state index in [1.165, 1.54) is 5.39 Å². The first-order valence-electron chi connectivity index (χ1n) is 7.17. The smallest absolute Gasteiger partial charge is 0.0826 e. The maximum Gasteiger partial charge on any atom is 0.0826 e. The van der Waals surface area contributed by atoms with Gasteiger partial charge in [0.05, 0.1) is 23.9 Å². The Balaban J connectivity index is 1.62. The maximum atomic E-state index is 5.73. The topological polar surface area (TPSA) is 37.4 Å². The number of likely N-dealkylation sites (N-methyl/N-ethyl adjacent to an activating group) is 1. The van der Waals surface area contributed by atoms with Gasteiger partial charge in [-0.05, 0) is 19.2 Å². The van der Waals surface area contributed by atoms with E-state index in [0.717, 1.165) is 44.0 Å². The average Bonchev–Trinajstić information content (AvgIpc) is 2.48. The lowest BCUT2D eigenvalue weighted by Gasteiger charge is -2.27. The molecule has 2 heterocycles. The predicted molar refractivity (Wildman–Crippen MR) is 80.7 cm³/mol. The highest BCUT2D eigenvalue weighted by molar-refractivity contribution is 5.78. The van der Waals surface area contributed by atoms with Gasteiger partial charge in [0.25, 0.3) is 0 Å². The lowest BCUT2D eigenvalue weighted by Crippen LogP contribution is -2.44. The molecule has 1 aromatic carbocycles. The Bertz CT molecular complexity index is 566. The van der Waals surface area contributed by atoms with Gasteiger partial charge in [0.2, 0.25) is 0 Å². The summed E-state index contributed by atoms with van der Waals surface area (Å²) in [6.45, 7) is 4.50. The van der Waals surface area contributed by atoms with Crippen molar-refractivity contribution in [3.05, 3.63) is 42.1 Å². The van der Waals surface area contributed by atoms with Crippen molar-refractivity contribution < 1.29 is 4.74 Å². The third kappa shape index (κ3) is 3.33. The van der Waals surface area contributed by atoms with E-state index in [9.17, 15) is 0 Å². The Labute approximate surface area is 119 Å². The van der Waals surface area contributed by atoms with Crippen LogP contribution in [0.25, 0.3) is 10.9 Å². The molecule has 4 heteroatoms. The van der Waals surface area contributed by atoms with Crippen molar-refractivity contribution in [1.82, 2.24) is 15.2 Å². The number of ether oxygens (including phenoxy) is 1. The van der Waals surface area contributed by atoms with Crippen molar-refractivity contribution >= 4 is 10.9 Å². The van der Waals surface area contributed by atoms with E-state index in [4.69, 9.17) is 9.72 Å². The number of hydrogen-bond donors (Lipinski definition) is 1. The molecule has 0 amide bonds. The van der Waals surface area contributed by atoms with Crippen molar-refractivity contribution in [2.45, 2.75) is 12.6 Å². The summed E-state index contributed by atoms with van der Waals surface area (Å²) in [5, 5.41) is 4.55. The molecule has 0 radical (unpaired) electrons. The molecule has 0 bridgehead atoms. The molecule has 1 aliphatic rings. The summed E-state index contributed by atoms with van der Waals surface area (Å²) in [7, 11) is 2.12. The van der Waals surface area contributed by atoms with Gasteiger partial charge in [-0.2, -0.15) is 0 Å². The molecule has 1 aliphatic heterocycles. The number of fused-ring (bicyclic) bond motifs is 1. The number of nitrogens with one attached hydrogen (secondary N) is 1. The van der Waals surface area contributed by atoms with Crippen LogP contribution in [0.2, 0.25) is 0 Å². The predicted octanol–water partition coefficient (Wildman–Crippen LogP) is 1.65. The maximum absolute atomic E-state index is 5.73. The van der Waals surface area contributed by atoms with Gasteiger partial charge in [0.1, 0.15) is 0 Å². The standard InChI is InChI=1S/C16H21N3O/c1-19(12-15-10-17-8-9-20-15)11-14-7-6-13-4-2-3-5-16(13)18-14/h2-7,15,17H,8-12H2,1H3. The van der Waals surface area contributed by atoms with E-state index in [1.54, 1.807) is 0 Å². The fourth-order valence-corrected chi connectivity index (χ4v) is 2.62. The van der Waals surface area contributed by atoms with Crippen LogP contribution in [0.15, 0.2) is 36.4 Å². The van der Waals surface area contributed by atoms with Crippen LogP contribution in [0, 0.1) is 0 Å². The number of morpholine rings is 1. The molecule has 1 unspecified atom stereocenters. The molecule has 1 aromatic heterocycles. The first-order valence-corrected chi connectivity index (χ1v) is 7.17. The van der Waals surface area contributed by atoms with E-state index < -0.39 is 0 Å². The van der Waals surface area contributed by atoms with E-state index in [2.05, 4.69) is 41.5 Å². The number of hydrogen-bond acceptors (Lipinski definition) is 4. The minimum atomic E-state index is 0.286. The van der Waals surface area contributed by atoms with Crippen LogP contribution in [-0.4, -0.2) is 49.3 Å². The monoisotopic (exact) mass is 271 g/mol. The Morgan fingerprint density at radius 3 is 3.05 bits per heavy atom. The van der Waals surface area contributed by atoms with Crippen LogP contribution in [0.3, 0.4) is 0 Å². The summed E-state index contributed by atoms with van der Waals surface area (Å²) in [4.78, 5) is 6.98. The second kappa shape index (κ2) is 6.31. The number of rotatable bonds is 4. The third-order valence-electron chi connectivity index (χ3n) is 3.61. The zero-order valence-corrected chi connectivity index (χ0v) is 11.9. The first kappa shape index (κ1) is 13.5. The van der Waals surface area contributed by atoms with Crippen molar-refractivity contribution in [3.63, 3.8) is 0 Å². The van der Waals surface area contributed by atoms with Gasteiger partial charge in [-0.15, -0.1) is 0 Å². The molecule has 4 nitrogen and oxygen atoms in total. The Morgan fingerprint density at radius 1 is 1.30 bits per heavy atom. The van der Waals surface area contributed by atoms with Gasteiger partial charge in [-0.1, -0.05) is 24.3 Å². The van der Waals surface area contributed by atoms with Crippen LogP contribution < -0.4 is 5.32 Å². The van der Waals surface area contributed by atoms with Crippen molar-refractivity contribution in [2.24, 2.45) is 0 Å². The van der Waals surface area contributed by atoms with Crippen molar-refractivity contribution in [2.75, 3.05) is 33.3 Å². The van der Waals surface area contributed by atoms with Gasteiger partial charge in [0, 0.05) is 31.6 Å². The molecule has 1 atom stereocenters. The molecule has 20 heavy (non-hydrogen) atoms. The van der Waals surface area contributed by atoms with Crippen LogP contribution >= 0.6 is 0 Å². The van der Waals surface area contributed by atoms with Crippen molar-refractivity contribution in [1.29, 1.82) is 0 Å². The number of para-hydroxylation sites is 1. The molecule has 0 spiro atoms. The minimum Gasteiger partial charge on any atom is -0.374 e. The highest BCUT2D eigenvalue weighted by Crippen LogP contribution is 2.13. The van der Waals surface area contributed by atoms with E-state index in [1.807, 2.05) is 12.1 Å². The fraction of sp³-hybridized carbons (Fsp3) is 0.438. The summed E-state index contributed by atoms with van der Waals surface area (Å²) in [5.41, 5.74) is 2.17. The van der Waals surface area contributed by atoms with Crippen LogP contribution in [0.4, 0.5) is 0 Å². The molecule has 2 aromatic rings. The normalized spacial score (nSPS) is 19.6. The van der Waals surface area contributed by atoms with Crippen molar-refractivity contribution in [3.8, 4) is 0 Å². The lowest BCUT2D eigenvalue weighted by molar-refractivity contribution is 0.00869. The van der Waals surface area contributed by atoms with E-state index in [-0.39, 0.29) is 6.10 Å². The van der Waals surface area contributed by atoms with E-state index >= 15 is 0 Å². The Hall–Kier alpha value is -1.49. The molecule has 1 saturated heterocycles. The molecule has 1 fully saturated rings. The van der Waals surface area contributed by atoms with Gasteiger partial charge in [0.15, 0.2) is 0 Å². The highest BCUT2D eigenvalue weighted by atomic mass is 16.5. The second-order valence-electron chi connectivity index (χ2n) is 5.39. The summed E-state index contributed by atoms with van der Waals surface area (Å²) in [5.74, 6) is 0. The largest absolute Gasteiger partial charge is 0.374 e. The Kier molecular flexibility index (Phi) is 4.25. The molecule has 1 N–H and O–H groups in total. The third-order valence-corrected chi connectivity index (χ3v) is 3.61. The molecular formula is C16H21N3O. The summed E-state index contributed by atoms with van der Waals surface area (Å²) < 4.78 is 5.73. The van der Waals surface area contributed by atoms with Crippen LogP contribution in [0.5, 0.6) is 0 Å². The first-order chi connectivity index (χ1) is 9.81. The van der Waals surface area contributed by atoms with Gasteiger partial charge < -0.3 is 10.1 Å². The molecular weight excluding hydrogens is 250 g/mol.